The number of halogens is 2. The summed E-state index contributed by atoms with van der Waals surface area (Å²) in [5.74, 6) is 0.426. The second kappa shape index (κ2) is 7.72. The van der Waals surface area contributed by atoms with Crippen LogP contribution in [0.3, 0.4) is 0 Å². The van der Waals surface area contributed by atoms with Crippen LogP contribution in [0.25, 0.3) is 0 Å². The van der Waals surface area contributed by atoms with Crippen LogP contribution in [0.2, 0.25) is 5.02 Å². The molecule has 1 aromatic rings. The normalized spacial score (nSPS) is 10.4. The van der Waals surface area contributed by atoms with Gasteiger partial charge >= 0.3 is 0 Å². The minimum Gasteiger partial charge on any atom is -0.483 e. The second-order valence-electron chi connectivity index (χ2n) is 4.08. The van der Waals surface area contributed by atoms with Crippen molar-refractivity contribution in [1.29, 1.82) is 0 Å². The van der Waals surface area contributed by atoms with Gasteiger partial charge in [-0.2, -0.15) is 0 Å². The smallest absolute Gasteiger partial charge is 0.258 e. The fourth-order valence-corrected chi connectivity index (χ4v) is 2.18. The molecule has 6 heteroatoms. The summed E-state index contributed by atoms with van der Waals surface area (Å²) in [4.78, 5) is 11.5. The van der Waals surface area contributed by atoms with E-state index in [0.29, 0.717) is 23.9 Å². The van der Waals surface area contributed by atoms with Crippen LogP contribution in [-0.4, -0.2) is 32.8 Å². The summed E-state index contributed by atoms with van der Waals surface area (Å²) in [6.45, 7) is 4.70. The highest BCUT2D eigenvalue weighted by Crippen LogP contribution is 2.35. The number of benzene rings is 1. The standard InChI is InChI=1S/C13H17BrClNO3/c1-8-6-10(12(14)9(2)13(8)15)19-7-11(17)16-4-5-18-3/h6H,4-5,7H2,1-3H3,(H,16,17). The molecule has 1 rings (SSSR count). The minimum absolute atomic E-state index is 0.0389. The molecule has 0 bridgehead atoms. The molecule has 4 nitrogen and oxygen atoms in total. The summed E-state index contributed by atoms with van der Waals surface area (Å²) in [5, 5.41) is 3.38. The Morgan fingerprint density at radius 1 is 1.47 bits per heavy atom. The van der Waals surface area contributed by atoms with E-state index < -0.39 is 0 Å². The Balaban J connectivity index is 2.61. The van der Waals surface area contributed by atoms with E-state index in [1.807, 2.05) is 19.9 Å². The van der Waals surface area contributed by atoms with Gasteiger partial charge in [0.15, 0.2) is 6.61 Å². The van der Waals surface area contributed by atoms with Crippen molar-refractivity contribution in [2.24, 2.45) is 0 Å². The lowest BCUT2D eigenvalue weighted by Crippen LogP contribution is -2.31. The third kappa shape index (κ3) is 4.67. The molecule has 106 valence electrons. The van der Waals surface area contributed by atoms with Crippen molar-refractivity contribution in [3.05, 3.63) is 26.7 Å². The first-order chi connectivity index (χ1) is 8.97. The highest BCUT2D eigenvalue weighted by atomic mass is 79.9. The average molecular weight is 351 g/mol. The summed E-state index contributed by atoms with van der Waals surface area (Å²) in [6.07, 6.45) is 0. The predicted molar refractivity (Wildman–Crippen MR) is 79.0 cm³/mol. The van der Waals surface area contributed by atoms with Gasteiger partial charge in [0, 0.05) is 18.7 Å². The van der Waals surface area contributed by atoms with Crippen LogP contribution in [0.4, 0.5) is 0 Å². The van der Waals surface area contributed by atoms with Crippen molar-refractivity contribution in [2.75, 3.05) is 26.9 Å². The lowest BCUT2D eigenvalue weighted by molar-refractivity contribution is -0.123. The van der Waals surface area contributed by atoms with Crippen LogP contribution in [0.5, 0.6) is 5.75 Å². The first-order valence-corrected chi connectivity index (χ1v) is 6.98. The lowest BCUT2D eigenvalue weighted by Gasteiger charge is -2.13. The largest absolute Gasteiger partial charge is 0.483 e. The van der Waals surface area contributed by atoms with Gasteiger partial charge in [0.2, 0.25) is 0 Å². The Morgan fingerprint density at radius 3 is 2.79 bits per heavy atom. The predicted octanol–water partition coefficient (Wildman–Crippen LogP) is 2.86. The van der Waals surface area contributed by atoms with Gasteiger partial charge in [-0.1, -0.05) is 11.6 Å². The molecule has 0 saturated carbocycles. The summed E-state index contributed by atoms with van der Waals surface area (Å²) < 4.78 is 11.1. The molecule has 0 heterocycles. The second-order valence-corrected chi connectivity index (χ2v) is 5.25. The number of ether oxygens (including phenoxy) is 2. The molecule has 0 aliphatic heterocycles. The molecule has 1 amide bonds. The van der Waals surface area contributed by atoms with Gasteiger partial charge in [-0.05, 0) is 47.0 Å². The van der Waals surface area contributed by atoms with Crippen LogP contribution >= 0.6 is 27.5 Å². The molecule has 0 aliphatic rings. The number of hydrogen-bond donors (Lipinski definition) is 1. The number of aryl methyl sites for hydroxylation is 1. The van der Waals surface area contributed by atoms with Gasteiger partial charge in [0.25, 0.3) is 5.91 Å². The van der Waals surface area contributed by atoms with Gasteiger partial charge in [-0.15, -0.1) is 0 Å². The summed E-state index contributed by atoms with van der Waals surface area (Å²) in [7, 11) is 1.58. The first kappa shape index (κ1) is 16.3. The zero-order valence-electron chi connectivity index (χ0n) is 11.2. The highest BCUT2D eigenvalue weighted by molar-refractivity contribution is 9.10. The molecule has 0 unspecified atom stereocenters. The number of methoxy groups -OCH3 is 1. The molecule has 0 fully saturated rings. The Hall–Kier alpha value is -0.780. The van der Waals surface area contributed by atoms with E-state index in [9.17, 15) is 4.79 Å². The number of hydrogen-bond acceptors (Lipinski definition) is 3. The molecule has 0 radical (unpaired) electrons. The van der Waals surface area contributed by atoms with E-state index in [2.05, 4.69) is 21.2 Å². The molecule has 19 heavy (non-hydrogen) atoms. The SMILES string of the molecule is COCCNC(=O)COc1cc(C)c(Cl)c(C)c1Br. The summed E-state index contributed by atoms with van der Waals surface area (Å²) >= 11 is 9.54. The molecular formula is C13H17BrClNO3. The van der Waals surface area contributed by atoms with Crippen molar-refractivity contribution < 1.29 is 14.3 Å². The molecule has 0 saturated heterocycles. The number of nitrogens with one attached hydrogen (secondary N) is 1. The Morgan fingerprint density at radius 2 is 2.16 bits per heavy atom. The van der Waals surface area contributed by atoms with Crippen molar-refractivity contribution in [2.45, 2.75) is 13.8 Å². The third-order valence-corrected chi connectivity index (χ3v) is 4.12. The molecule has 1 N–H and O–H groups in total. The molecule has 0 spiro atoms. The van der Waals surface area contributed by atoms with Crippen LogP contribution in [0.15, 0.2) is 10.5 Å². The maximum absolute atomic E-state index is 11.5. The minimum atomic E-state index is -0.186. The van der Waals surface area contributed by atoms with E-state index in [4.69, 9.17) is 21.1 Å². The third-order valence-electron chi connectivity index (χ3n) is 2.56. The maximum atomic E-state index is 11.5. The average Bonchev–Trinajstić information content (AvgIpc) is 2.39. The highest BCUT2D eigenvalue weighted by Gasteiger charge is 2.12. The quantitative estimate of drug-likeness (QED) is 0.803. The van der Waals surface area contributed by atoms with E-state index >= 15 is 0 Å². The number of carbonyl (C=O) groups excluding carboxylic acids is 1. The zero-order chi connectivity index (χ0) is 14.4. The first-order valence-electron chi connectivity index (χ1n) is 5.81. The van der Waals surface area contributed by atoms with E-state index in [1.165, 1.54) is 0 Å². The molecule has 1 aromatic carbocycles. The Bertz CT molecular complexity index is 466. The van der Waals surface area contributed by atoms with Crippen LogP contribution in [0, 0.1) is 13.8 Å². The topological polar surface area (TPSA) is 47.6 Å². The Labute approximate surface area is 126 Å². The molecule has 0 atom stereocenters. The zero-order valence-corrected chi connectivity index (χ0v) is 13.5. The van der Waals surface area contributed by atoms with Gasteiger partial charge in [-0.3, -0.25) is 4.79 Å². The van der Waals surface area contributed by atoms with Gasteiger partial charge in [-0.25, -0.2) is 0 Å². The van der Waals surface area contributed by atoms with Crippen molar-refractivity contribution in [1.82, 2.24) is 5.32 Å². The van der Waals surface area contributed by atoms with E-state index in [-0.39, 0.29) is 12.5 Å². The van der Waals surface area contributed by atoms with Gasteiger partial charge in [0.05, 0.1) is 11.1 Å². The number of amides is 1. The Kier molecular flexibility index (Phi) is 6.62. The fraction of sp³-hybridized carbons (Fsp3) is 0.462. The number of rotatable bonds is 6. The van der Waals surface area contributed by atoms with Gasteiger partial charge in [0.1, 0.15) is 5.75 Å². The maximum Gasteiger partial charge on any atom is 0.258 e. The lowest BCUT2D eigenvalue weighted by atomic mass is 10.1. The molecule has 0 aliphatic carbocycles. The monoisotopic (exact) mass is 349 g/mol. The molecule has 0 aromatic heterocycles. The number of carbonyl (C=O) groups is 1. The van der Waals surface area contributed by atoms with Crippen LogP contribution in [0.1, 0.15) is 11.1 Å². The van der Waals surface area contributed by atoms with E-state index in [0.717, 1.165) is 15.6 Å². The summed E-state index contributed by atoms with van der Waals surface area (Å²) in [6, 6.07) is 1.81. The van der Waals surface area contributed by atoms with Crippen LogP contribution in [-0.2, 0) is 9.53 Å². The van der Waals surface area contributed by atoms with Gasteiger partial charge < -0.3 is 14.8 Å². The van der Waals surface area contributed by atoms with Crippen molar-refractivity contribution >= 4 is 33.4 Å². The fourth-order valence-electron chi connectivity index (χ4n) is 1.49. The van der Waals surface area contributed by atoms with E-state index in [1.54, 1.807) is 7.11 Å². The van der Waals surface area contributed by atoms with Crippen molar-refractivity contribution in [3.63, 3.8) is 0 Å². The van der Waals surface area contributed by atoms with Crippen molar-refractivity contribution in [3.8, 4) is 5.75 Å². The van der Waals surface area contributed by atoms with Crippen LogP contribution < -0.4 is 10.1 Å². The summed E-state index contributed by atoms with van der Waals surface area (Å²) in [5.41, 5.74) is 1.81. The molecular weight excluding hydrogens is 334 g/mol.